The van der Waals surface area contributed by atoms with Gasteiger partial charge in [0.1, 0.15) is 5.82 Å². The molecule has 1 aromatic carbocycles. The number of hydrogen-bond acceptors (Lipinski definition) is 5. The molecule has 0 aliphatic rings. The highest BCUT2D eigenvalue weighted by atomic mass is 16.1. The van der Waals surface area contributed by atoms with Gasteiger partial charge >= 0.3 is 0 Å². The molecule has 1 amide bonds. The lowest BCUT2D eigenvalue weighted by Crippen LogP contribution is -2.05. The third kappa shape index (κ3) is 3.18. The van der Waals surface area contributed by atoms with Crippen LogP contribution in [-0.2, 0) is 4.79 Å². The van der Waals surface area contributed by atoms with Crippen molar-refractivity contribution in [1.29, 1.82) is 0 Å². The number of rotatable bonds is 3. The van der Waals surface area contributed by atoms with E-state index in [1.807, 2.05) is 12.1 Å². The number of benzene rings is 1. The quantitative estimate of drug-likeness (QED) is 0.763. The molecule has 6 heteroatoms. The molecule has 2 rings (SSSR count). The Morgan fingerprint density at radius 2 is 1.83 bits per heavy atom. The second-order valence-corrected chi connectivity index (χ2v) is 3.68. The summed E-state index contributed by atoms with van der Waals surface area (Å²) >= 11 is 0. The molecule has 1 aromatic heterocycles. The molecule has 0 radical (unpaired) electrons. The van der Waals surface area contributed by atoms with Gasteiger partial charge in [-0.2, -0.15) is 4.98 Å². The minimum absolute atomic E-state index is 0.0979. The van der Waals surface area contributed by atoms with Crippen molar-refractivity contribution in [1.82, 2.24) is 9.97 Å². The number of amides is 1. The molecule has 0 bridgehead atoms. The standard InChI is InChI=1S/C12H13N5O/c1-8(18)15-9-2-4-10(5-3-9)16-11-6-7-14-12(13)17-11/h2-7H,1H3,(H,15,18)(H3,13,14,16,17). The molecule has 1 heterocycles. The van der Waals surface area contributed by atoms with Gasteiger partial charge in [0.05, 0.1) is 0 Å². The molecule has 6 nitrogen and oxygen atoms in total. The maximum Gasteiger partial charge on any atom is 0.221 e. The van der Waals surface area contributed by atoms with Crippen molar-refractivity contribution in [3.05, 3.63) is 36.5 Å². The Morgan fingerprint density at radius 3 is 2.44 bits per heavy atom. The first kappa shape index (κ1) is 11.8. The Labute approximate surface area is 104 Å². The third-order valence-corrected chi connectivity index (χ3v) is 2.15. The van der Waals surface area contributed by atoms with Gasteiger partial charge in [0, 0.05) is 24.5 Å². The van der Waals surface area contributed by atoms with Gasteiger partial charge in [0.2, 0.25) is 11.9 Å². The van der Waals surface area contributed by atoms with E-state index in [9.17, 15) is 4.79 Å². The topological polar surface area (TPSA) is 92.9 Å². The number of carbonyl (C=O) groups is 1. The molecule has 2 aromatic rings. The average molecular weight is 243 g/mol. The lowest BCUT2D eigenvalue weighted by molar-refractivity contribution is -0.114. The van der Waals surface area contributed by atoms with Crippen molar-refractivity contribution in [3.8, 4) is 0 Å². The lowest BCUT2D eigenvalue weighted by Gasteiger charge is -2.07. The maximum absolute atomic E-state index is 10.9. The van der Waals surface area contributed by atoms with Crippen LogP contribution < -0.4 is 16.4 Å². The van der Waals surface area contributed by atoms with E-state index < -0.39 is 0 Å². The zero-order chi connectivity index (χ0) is 13.0. The molecule has 0 spiro atoms. The summed E-state index contributed by atoms with van der Waals surface area (Å²) < 4.78 is 0. The summed E-state index contributed by atoms with van der Waals surface area (Å²) in [5, 5.41) is 5.77. The molecule has 0 aliphatic heterocycles. The molecule has 0 fully saturated rings. The Bertz CT molecular complexity index is 553. The van der Waals surface area contributed by atoms with E-state index in [4.69, 9.17) is 5.73 Å². The molecule has 18 heavy (non-hydrogen) atoms. The number of nitrogen functional groups attached to an aromatic ring is 1. The van der Waals surface area contributed by atoms with E-state index in [0.717, 1.165) is 11.4 Å². The van der Waals surface area contributed by atoms with Crippen molar-refractivity contribution in [2.24, 2.45) is 0 Å². The zero-order valence-corrected chi connectivity index (χ0v) is 9.84. The van der Waals surface area contributed by atoms with Crippen LogP contribution in [0.2, 0.25) is 0 Å². The number of anilines is 4. The summed E-state index contributed by atoms with van der Waals surface area (Å²) in [6, 6.07) is 8.99. The normalized spacial score (nSPS) is 9.83. The molecule has 4 N–H and O–H groups in total. The number of hydrogen-bond donors (Lipinski definition) is 3. The number of aromatic nitrogens is 2. The summed E-state index contributed by atoms with van der Waals surface area (Å²) in [5.41, 5.74) is 7.08. The molecule has 92 valence electrons. The summed E-state index contributed by atoms with van der Waals surface area (Å²) in [5.74, 6) is 0.740. The minimum atomic E-state index is -0.0979. The number of nitrogens with one attached hydrogen (secondary N) is 2. The van der Waals surface area contributed by atoms with Crippen LogP contribution in [0.5, 0.6) is 0 Å². The van der Waals surface area contributed by atoms with Gasteiger partial charge in [-0.05, 0) is 30.3 Å². The molecular weight excluding hydrogens is 230 g/mol. The summed E-state index contributed by atoms with van der Waals surface area (Å²) in [6.07, 6.45) is 1.58. The summed E-state index contributed by atoms with van der Waals surface area (Å²) in [6.45, 7) is 1.47. The zero-order valence-electron chi connectivity index (χ0n) is 9.84. The van der Waals surface area contributed by atoms with Crippen LogP contribution in [0.3, 0.4) is 0 Å². The number of nitrogens with zero attached hydrogens (tertiary/aromatic N) is 2. The van der Waals surface area contributed by atoms with Crippen molar-refractivity contribution >= 4 is 29.0 Å². The van der Waals surface area contributed by atoms with Gasteiger partial charge < -0.3 is 16.4 Å². The van der Waals surface area contributed by atoms with Crippen molar-refractivity contribution in [2.45, 2.75) is 6.92 Å². The monoisotopic (exact) mass is 243 g/mol. The Morgan fingerprint density at radius 1 is 1.17 bits per heavy atom. The first-order chi connectivity index (χ1) is 8.63. The van der Waals surface area contributed by atoms with Crippen LogP contribution >= 0.6 is 0 Å². The Hall–Kier alpha value is -2.63. The van der Waals surface area contributed by atoms with Crippen LogP contribution in [0.15, 0.2) is 36.5 Å². The fraction of sp³-hybridized carbons (Fsp3) is 0.0833. The van der Waals surface area contributed by atoms with Crippen molar-refractivity contribution < 1.29 is 4.79 Å². The van der Waals surface area contributed by atoms with E-state index >= 15 is 0 Å². The summed E-state index contributed by atoms with van der Waals surface area (Å²) in [4.78, 5) is 18.7. The van der Waals surface area contributed by atoms with Crippen LogP contribution in [0.25, 0.3) is 0 Å². The van der Waals surface area contributed by atoms with Crippen LogP contribution in [0, 0.1) is 0 Å². The number of carbonyl (C=O) groups excluding carboxylic acids is 1. The SMILES string of the molecule is CC(=O)Nc1ccc(Nc2ccnc(N)n2)cc1. The van der Waals surface area contributed by atoms with E-state index in [0.29, 0.717) is 5.82 Å². The molecule has 0 unspecified atom stereocenters. The van der Waals surface area contributed by atoms with Crippen LogP contribution in [0.4, 0.5) is 23.1 Å². The fourth-order valence-electron chi connectivity index (χ4n) is 1.43. The van der Waals surface area contributed by atoms with Gasteiger partial charge in [-0.25, -0.2) is 4.98 Å². The van der Waals surface area contributed by atoms with Gasteiger partial charge in [-0.15, -0.1) is 0 Å². The van der Waals surface area contributed by atoms with E-state index in [1.54, 1.807) is 24.4 Å². The third-order valence-electron chi connectivity index (χ3n) is 2.15. The molecular formula is C12H13N5O. The van der Waals surface area contributed by atoms with Crippen LogP contribution in [-0.4, -0.2) is 15.9 Å². The van der Waals surface area contributed by atoms with Gasteiger partial charge in [-0.1, -0.05) is 0 Å². The predicted octanol–water partition coefficient (Wildman–Crippen LogP) is 1.76. The first-order valence-corrected chi connectivity index (χ1v) is 5.37. The molecule has 0 aliphatic carbocycles. The molecule has 0 atom stereocenters. The van der Waals surface area contributed by atoms with Gasteiger partial charge in [-0.3, -0.25) is 4.79 Å². The summed E-state index contributed by atoms with van der Waals surface area (Å²) in [7, 11) is 0. The van der Waals surface area contributed by atoms with Crippen molar-refractivity contribution in [3.63, 3.8) is 0 Å². The smallest absolute Gasteiger partial charge is 0.221 e. The minimum Gasteiger partial charge on any atom is -0.368 e. The highest BCUT2D eigenvalue weighted by molar-refractivity contribution is 5.88. The molecule has 0 saturated heterocycles. The van der Waals surface area contributed by atoms with Crippen LogP contribution in [0.1, 0.15) is 6.92 Å². The molecule has 0 saturated carbocycles. The fourth-order valence-corrected chi connectivity index (χ4v) is 1.43. The van der Waals surface area contributed by atoms with E-state index in [2.05, 4.69) is 20.6 Å². The van der Waals surface area contributed by atoms with Gasteiger partial charge in [0.15, 0.2) is 0 Å². The van der Waals surface area contributed by atoms with E-state index in [-0.39, 0.29) is 11.9 Å². The largest absolute Gasteiger partial charge is 0.368 e. The average Bonchev–Trinajstić information content (AvgIpc) is 2.31. The second-order valence-electron chi connectivity index (χ2n) is 3.68. The second kappa shape index (κ2) is 5.13. The highest BCUT2D eigenvalue weighted by Gasteiger charge is 1.98. The van der Waals surface area contributed by atoms with Gasteiger partial charge in [0.25, 0.3) is 0 Å². The van der Waals surface area contributed by atoms with E-state index in [1.165, 1.54) is 6.92 Å². The lowest BCUT2D eigenvalue weighted by atomic mass is 10.2. The predicted molar refractivity (Wildman–Crippen MR) is 70.5 cm³/mol. The maximum atomic E-state index is 10.9. The number of nitrogens with two attached hydrogens (primary N) is 1. The van der Waals surface area contributed by atoms with Crippen molar-refractivity contribution in [2.75, 3.05) is 16.4 Å². The Balaban J connectivity index is 2.08. The highest BCUT2D eigenvalue weighted by Crippen LogP contribution is 2.17. The first-order valence-electron chi connectivity index (χ1n) is 5.37. The Kier molecular flexibility index (Phi) is 3.38.